The molecule has 0 saturated carbocycles. The van der Waals surface area contributed by atoms with Crippen LogP contribution in [0.3, 0.4) is 0 Å². The lowest BCUT2D eigenvalue weighted by atomic mass is 10.2. The van der Waals surface area contributed by atoms with Gasteiger partial charge in [0.1, 0.15) is 10.7 Å². The minimum atomic E-state index is -4.03. The average Bonchev–Trinajstić information content (AvgIpc) is 2.69. The Hall–Kier alpha value is -1.19. The van der Waals surface area contributed by atoms with E-state index >= 15 is 0 Å². The van der Waals surface area contributed by atoms with Crippen LogP contribution in [0.1, 0.15) is 12.8 Å². The molecule has 9 heteroatoms. The Labute approximate surface area is 117 Å². The van der Waals surface area contributed by atoms with Gasteiger partial charge >= 0.3 is 0 Å². The number of sulfone groups is 1. The van der Waals surface area contributed by atoms with Crippen molar-refractivity contribution in [2.75, 3.05) is 18.0 Å². The van der Waals surface area contributed by atoms with Crippen molar-refractivity contribution >= 4 is 25.5 Å². The zero-order valence-corrected chi connectivity index (χ0v) is 12.2. The maximum Gasteiger partial charge on any atom is 0.242 e. The smallest absolute Gasteiger partial charge is 0.242 e. The molecule has 1 saturated heterocycles. The van der Waals surface area contributed by atoms with E-state index in [1.807, 2.05) is 0 Å². The van der Waals surface area contributed by atoms with Gasteiger partial charge in [0.2, 0.25) is 10.0 Å². The number of anilines is 1. The van der Waals surface area contributed by atoms with Gasteiger partial charge in [0.25, 0.3) is 0 Å². The van der Waals surface area contributed by atoms with Crippen LogP contribution in [0.25, 0.3) is 0 Å². The number of hydrogen-bond donors (Lipinski definition) is 2. The molecule has 0 amide bonds. The number of rotatable bonds is 4. The Balaban J connectivity index is 2.18. The van der Waals surface area contributed by atoms with E-state index < -0.39 is 36.6 Å². The molecular weight excluding hydrogens is 307 g/mol. The van der Waals surface area contributed by atoms with Crippen LogP contribution in [0.2, 0.25) is 0 Å². The van der Waals surface area contributed by atoms with E-state index in [2.05, 4.69) is 4.72 Å². The number of sulfonamides is 1. The third-order valence-electron chi connectivity index (χ3n) is 3.27. The molecule has 1 aromatic rings. The number of benzene rings is 1. The summed E-state index contributed by atoms with van der Waals surface area (Å²) in [4.78, 5) is -0.382. The largest absolute Gasteiger partial charge is 0.395 e. The lowest BCUT2D eigenvalue weighted by molar-refractivity contribution is 0.569. The van der Waals surface area contributed by atoms with E-state index in [9.17, 15) is 21.2 Å². The third kappa shape index (κ3) is 2.94. The highest BCUT2D eigenvalue weighted by Crippen LogP contribution is 2.23. The Morgan fingerprint density at radius 3 is 2.70 bits per heavy atom. The van der Waals surface area contributed by atoms with Crippen LogP contribution in [0.5, 0.6) is 0 Å². The molecule has 1 fully saturated rings. The second-order valence-electron chi connectivity index (χ2n) is 4.63. The van der Waals surface area contributed by atoms with E-state index in [0.717, 1.165) is 6.07 Å². The standard InChI is InChI=1S/C11H15FN2O4S2/c12-9-4-1-5-10(11(9)13)20(17,18)14-7-8-3-2-6-19(8,15)16/h1,4-5,8,14H,2-3,6-7,13H2. The Morgan fingerprint density at radius 1 is 1.40 bits per heavy atom. The second kappa shape index (κ2) is 5.30. The molecule has 0 bridgehead atoms. The highest BCUT2D eigenvalue weighted by Gasteiger charge is 2.32. The monoisotopic (exact) mass is 322 g/mol. The van der Waals surface area contributed by atoms with Crippen LogP contribution < -0.4 is 10.5 Å². The van der Waals surface area contributed by atoms with Gasteiger partial charge < -0.3 is 5.73 Å². The molecule has 1 aliphatic heterocycles. The Bertz CT molecular complexity index is 716. The van der Waals surface area contributed by atoms with Gasteiger partial charge in [0.05, 0.1) is 16.7 Å². The summed E-state index contributed by atoms with van der Waals surface area (Å²) in [6, 6.07) is 3.45. The molecule has 1 heterocycles. The summed E-state index contributed by atoms with van der Waals surface area (Å²) in [5, 5.41) is -0.730. The van der Waals surface area contributed by atoms with E-state index in [-0.39, 0.29) is 17.2 Å². The average molecular weight is 322 g/mol. The first-order valence-corrected chi connectivity index (χ1v) is 9.19. The van der Waals surface area contributed by atoms with E-state index in [0.29, 0.717) is 12.8 Å². The van der Waals surface area contributed by atoms with Gasteiger partial charge in [-0.15, -0.1) is 0 Å². The molecule has 0 spiro atoms. The van der Waals surface area contributed by atoms with Crippen LogP contribution in [-0.4, -0.2) is 34.4 Å². The van der Waals surface area contributed by atoms with Crippen molar-refractivity contribution in [3.8, 4) is 0 Å². The van der Waals surface area contributed by atoms with Crippen LogP contribution in [0, 0.1) is 5.82 Å². The molecule has 112 valence electrons. The second-order valence-corrected chi connectivity index (χ2v) is 8.77. The molecule has 0 aromatic heterocycles. The summed E-state index contributed by atoms with van der Waals surface area (Å²) < 4.78 is 62.7. The van der Waals surface area contributed by atoms with Crippen LogP contribution in [0.4, 0.5) is 10.1 Å². The molecule has 0 aliphatic carbocycles. The van der Waals surface area contributed by atoms with Crippen molar-refractivity contribution in [2.45, 2.75) is 23.0 Å². The van der Waals surface area contributed by atoms with Crippen LogP contribution >= 0.6 is 0 Å². The summed E-state index contributed by atoms with van der Waals surface area (Å²) in [5.41, 5.74) is 4.92. The zero-order valence-electron chi connectivity index (χ0n) is 10.5. The van der Waals surface area contributed by atoms with Crippen molar-refractivity contribution in [1.82, 2.24) is 4.72 Å². The van der Waals surface area contributed by atoms with Crippen molar-refractivity contribution in [2.24, 2.45) is 0 Å². The summed E-state index contributed by atoms with van der Waals surface area (Å²) >= 11 is 0. The molecule has 1 atom stereocenters. The number of nitrogens with two attached hydrogens (primary N) is 1. The number of halogens is 1. The molecule has 20 heavy (non-hydrogen) atoms. The lowest BCUT2D eigenvalue weighted by Crippen LogP contribution is -2.35. The van der Waals surface area contributed by atoms with Crippen molar-refractivity contribution < 1.29 is 21.2 Å². The number of hydrogen-bond acceptors (Lipinski definition) is 5. The van der Waals surface area contributed by atoms with Crippen molar-refractivity contribution in [1.29, 1.82) is 0 Å². The number of para-hydroxylation sites is 1. The molecule has 1 unspecified atom stereocenters. The first-order chi connectivity index (χ1) is 9.24. The summed E-state index contributed by atoms with van der Waals surface area (Å²) in [6.07, 6.45) is 0.945. The minimum absolute atomic E-state index is 0.0709. The Morgan fingerprint density at radius 2 is 2.10 bits per heavy atom. The fourth-order valence-corrected chi connectivity index (χ4v) is 5.21. The highest BCUT2D eigenvalue weighted by molar-refractivity contribution is 7.92. The van der Waals surface area contributed by atoms with Crippen LogP contribution in [0.15, 0.2) is 23.1 Å². The minimum Gasteiger partial charge on any atom is -0.395 e. The van der Waals surface area contributed by atoms with Crippen molar-refractivity contribution in [3.05, 3.63) is 24.0 Å². The number of nitrogen functional groups attached to an aromatic ring is 1. The zero-order chi connectivity index (χ0) is 15.0. The molecular formula is C11H15FN2O4S2. The Kier molecular flexibility index (Phi) is 4.03. The SMILES string of the molecule is Nc1c(F)cccc1S(=O)(=O)NCC1CCCS1(=O)=O. The first kappa shape index (κ1) is 15.2. The highest BCUT2D eigenvalue weighted by atomic mass is 32.2. The van der Waals surface area contributed by atoms with Gasteiger partial charge in [0, 0.05) is 6.54 Å². The predicted octanol–water partition coefficient (Wildman–Crippen LogP) is 0.263. The first-order valence-electron chi connectivity index (χ1n) is 5.99. The lowest BCUT2D eigenvalue weighted by Gasteiger charge is -2.12. The normalized spacial score (nSPS) is 21.9. The molecule has 3 N–H and O–H groups in total. The molecule has 1 aliphatic rings. The molecule has 6 nitrogen and oxygen atoms in total. The summed E-state index contributed by atoms with van der Waals surface area (Å²) in [6.45, 7) is -0.222. The predicted molar refractivity (Wildman–Crippen MR) is 72.8 cm³/mol. The summed E-state index contributed by atoms with van der Waals surface area (Å²) in [5.74, 6) is -0.761. The van der Waals surface area contributed by atoms with E-state index in [4.69, 9.17) is 5.73 Å². The van der Waals surface area contributed by atoms with Gasteiger partial charge in [-0.25, -0.2) is 25.9 Å². The van der Waals surface area contributed by atoms with E-state index in [1.54, 1.807) is 0 Å². The fourth-order valence-electron chi connectivity index (χ4n) is 2.12. The van der Waals surface area contributed by atoms with Gasteiger partial charge in [-0.3, -0.25) is 0 Å². The molecule has 2 rings (SSSR count). The van der Waals surface area contributed by atoms with Gasteiger partial charge in [0.15, 0.2) is 9.84 Å². The fraction of sp³-hybridized carbons (Fsp3) is 0.455. The maximum atomic E-state index is 13.3. The maximum absolute atomic E-state index is 13.3. The van der Waals surface area contributed by atoms with Gasteiger partial charge in [-0.05, 0) is 25.0 Å². The van der Waals surface area contributed by atoms with Gasteiger partial charge in [-0.1, -0.05) is 6.07 Å². The third-order valence-corrected chi connectivity index (χ3v) is 7.02. The topological polar surface area (TPSA) is 106 Å². The van der Waals surface area contributed by atoms with Gasteiger partial charge in [-0.2, -0.15) is 0 Å². The molecule has 1 aromatic carbocycles. The van der Waals surface area contributed by atoms with Crippen molar-refractivity contribution in [3.63, 3.8) is 0 Å². The summed E-state index contributed by atoms with van der Waals surface area (Å²) in [7, 11) is -7.27. The van der Waals surface area contributed by atoms with E-state index in [1.165, 1.54) is 12.1 Å². The number of nitrogens with one attached hydrogen (secondary N) is 1. The van der Waals surface area contributed by atoms with Crippen LogP contribution in [-0.2, 0) is 19.9 Å². The quantitative estimate of drug-likeness (QED) is 0.774. The molecule has 0 radical (unpaired) electrons.